The zero-order chi connectivity index (χ0) is 13.1. The van der Waals surface area contributed by atoms with E-state index in [1.807, 2.05) is 26.8 Å². The zero-order valence-electron chi connectivity index (χ0n) is 11.6. The second kappa shape index (κ2) is 5.46. The molecule has 0 fully saturated rings. The molecule has 2 nitrogen and oxygen atoms in total. The highest BCUT2D eigenvalue weighted by atomic mass is 16.1. The Hall–Kier alpha value is -1.15. The first-order valence-electron chi connectivity index (χ1n) is 6.21. The highest BCUT2D eigenvalue weighted by Crippen LogP contribution is 2.14. The molecule has 0 spiro atoms. The standard InChI is InChI=1S/C15H23NO/c1-6-16-15(4,5)14(17)10-13-8-7-11(2)12(3)9-13/h7-9,16H,6,10H2,1-5H3. The molecule has 0 amide bonds. The van der Waals surface area contributed by atoms with Crippen molar-refractivity contribution in [3.8, 4) is 0 Å². The Balaban J connectivity index is 2.77. The van der Waals surface area contributed by atoms with E-state index in [1.165, 1.54) is 11.1 Å². The predicted octanol–water partition coefficient (Wildman–Crippen LogP) is 2.80. The minimum absolute atomic E-state index is 0.239. The first kappa shape index (κ1) is 13.9. The number of benzene rings is 1. The van der Waals surface area contributed by atoms with Gasteiger partial charge in [0.05, 0.1) is 5.54 Å². The van der Waals surface area contributed by atoms with Gasteiger partial charge in [-0.2, -0.15) is 0 Å². The fourth-order valence-corrected chi connectivity index (χ4v) is 1.86. The maximum absolute atomic E-state index is 12.2. The number of hydrogen-bond donors (Lipinski definition) is 1. The van der Waals surface area contributed by atoms with Crippen LogP contribution in [0.4, 0.5) is 0 Å². The molecule has 1 N–H and O–H groups in total. The number of ketones is 1. The van der Waals surface area contributed by atoms with E-state index in [1.54, 1.807) is 0 Å². The van der Waals surface area contributed by atoms with E-state index in [0.717, 1.165) is 12.1 Å². The van der Waals surface area contributed by atoms with Crippen LogP contribution in [0.2, 0.25) is 0 Å². The van der Waals surface area contributed by atoms with E-state index in [0.29, 0.717) is 6.42 Å². The topological polar surface area (TPSA) is 29.1 Å². The van der Waals surface area contributed by atoms with Crippen molar-refractivity contribution in [2.45, 2.75) is 46.6 Å². The van der Waals surface area contributed by atoms with Crippen LogP contribution >= 0.6 is 0 Å². The first-order valence-corrected chi connectivity index (χ1v) is 6.21. The summed E-state index contributed by atoms with van der Waals surface area (Å²) in [7, 11) is 0. The number of likely N-dealkylation sites (N-methyl/N-ethyl adjacent to an activating group) is 1. The molecule has 0 unspecified atom stereocenters. The van der Waals surface area contributed by atoms with Gasteiger partial charge in [-0.15, -0.1) is 0 Å². The SMILES string of the molecule is CCNC(C)(C)C(=O)Cc1ccc(C)c(C)c1. The number of carbonyl (C=O) groups is 1. The summed E-state index contributed by atoms with van der Waals surface area (Å²) in [4.78, 5) is 12.2. The lowest BCUT2D eigenvalue weighted by molar-refractivity contribution is -0.123. The van der Waals surface area contributed by atoms with E-state index in [2.05, 4.69) is 31.3 Å². The lowest BCUT2D eigenvalue weighted by atomic mass is 9.92. The van der Waals surface area contributed by atoms with Gasteiger partial charge >= 0.3 is 0 Å². The molecule has 0 radical (unpaired) electrons. The van der Waals surface area contributed by atoms with Gasteiger partial charge in [-0.1, -0.05) is 25.1 Å². The maximum atomic E-state index is 12.2. The number of hydrogen-bond acceptors (Lipinski definition) is 2. The summed E-state index contributed by atoms with van der Waals surface area (Å²) >= 11 is 0. The lowest BCUT2D eigenvalue weighted by Crippen LogP contribution is -2.47. The van der Waals surface area contributed by atoms with E-state index in [-0.39, 0.29) is 5.78 Å². The molecule has 1 aromatic carbocycles. The summed E-state index contributed by atoms with van der Waals surface area (Å²) in [5.74, 6) is 0.239. The molecule has 0 aromatic heterocycles. The van der Waals surface area contributed by atoms with Crippen molar-refractivity contribution in [2.24, 2.45) is 0 Å². The third-order valence-electron chi connectivity index (χ3n) is 3.25. The Morgan fingerprint density at radius 1 is 1.24 bits per heavy atom. The molecular weight excluding hydrogens is 210 g/mol. The fraction of sp³-hybridized carbons (Fsp3) is 0.533. The van der Waals surface area contributed by atoms with Crippen molar-refractivity contribution >= 4 is 5.78 Å². The van der Waals surface area contributed by atoms with E-state index >= 15 is 0 Å². The number of aryl methyl sites for hydroxylation is 2. The molecule has 0 saturated carbocycles. The molecule has 0 saturated heterocycles. The average Bonchev–Trinajstić information content (AvgIpc) is 2.23. The summed E-state index contributed by atoms with van der Waals surface area (Å²) < 4.78 is 0. The smallest absolute Gasteiger partial charge is 0.156 e. The monoisotopic (exact) mass is 233 g/mol. The average molecular weight is 233 g/mol. The number of carbonyl (C=O) groups excluding carboxylic acids is 1. The molecule has 0 aliphatic rings. The third kappa shape index (κ3) is 3.67. The Morgan fingerprint density at radius 3 is 2.41 bits per heavy atom. The molecule has 94 valence electrons. The van der Waals surface area contributed by atoms with Gasteiger partial charge in [0.1, 0.15) is 0 Å². The van der Waals surface area contributed by atoms with E-state index in [9.17, 15) is 4.79 Å². The van der Waals surface area contributed by atoms with Gasteiger partial charge in [-0.25, -0.2) is 0 Å². The molecule has 1 aromatic rings. The molecule has 2 heteroatoms. The minimum Gasteiger partial charge on any atom is -0.306 e. The molecule has 17 heavy (non-hydrogen) atoms. The fourth-order valence-electron chi connectivity index (χ4n) is 1.86. The quantitative estimate of drug-likeness (QED) is 0.847. The van der Waals surface area contributed by atoms with Crippen LogP contribution in [-0.2, 0) is 11.2 Å². The second-order valence-corrected chi connectivity index (χ2v) is 5.17. The summed E-state index contributed by atoms with van der Waals surface area (Å²) in [5.41, 5.74) is 3.18. The summed E-state index contributed by atoms with van der Waals surface area (Å²) in [6.45, 7) is 10.9. The van der Waals surface area contributed by atoms with Crippen LogP contribution in [0.3, 0.4) is 0 Å². The van der Waals surface area contributed by atoms with E-state index < -0.39 is 5.54 Å². The lowest BCUT2D eigenvalue weighted by Gasteiger charge is -2.24. The van der Waals surface area contributed by atoms with Gasteiger partial charge < -0.3 is 5.32 Å². The van der Waals surface area contributed by atoms with Crippen molar-refractivity contribution < 1.29 is 4.79 Å². The zero-order valence-corrected chi connectivity index (χ0v) is 11.6. The maximum Gasteiger partial charge on any atom is 0.156 e. The van der Waals surface area contributed by atoms with E-state index in [4.69, 9.17) is 0 Å². The van der Waals surface area contributed by atoms with Gasteiger partial charge in [-0.3, -0.25) is 4.79 Å². The first-order chi connectivity index (χ1) is 7.86. The van der Waals surface area contributed by atoms with Crippen LogP contribution in [0, 0.1) is 13.8 Å². The van der Waals surface area contributed by atoms with Crippen LogP contribution in [0.5, 0.6) is 0 Å². The number of rotatable bonds is 5. The second-order valence-electron chi connectivity index (χ2n) is 5.17. The largest absolute Gasteiger partial charge is 0.306 e. The van der Waals surface area contributed by atoms with Gasteiger partial charge in [-0.05, 0) is 50.9 Å². The Morgan fingerprint density at radius 2 is 1.88 bits per heavy atom. The van der Waals surface area contributed by atoms with Crippen molar-refractivity contribution in [3.05, 3.63) is 34.9 Å². The van der Waals surface area contributed by atoms with Crippen molar-refractivity contribution in [2.75, 3.05) is 6.54 Å². The highest BCUT2D eigenvalue weighted by molar-refractivity contribution is 5.89. The minimum atomic E-state index is -0.437. The number of nitrogens with one attached hydrogen (secondary N) is 1. The van der Waals surface area contributed by atoms with Crippen molar-refractivity contribution in [1.29, 1.82) is 0 Å². The molecule has 0 heterocycles. The summed E-state index contributed by atoms with van der Waals surface area (Å²) in [6.07, 6.45) is 0.501. The van der Waals surface area contributed by atoms with Crippen molar-refractivity contribution in [1.82, 2.24) is 5.32 Å². The van der Waals surface area contributed by atoms with Gasteiger partial charge in [0.25, 0.3) is 0 Å². The van der Waals surface area contributed by atoms with Crippen molar-refractivity contribution in [3.63, 3.8) is 0 Å². The summed E-state index contributed by atoms with van der Waals surface area (Å²) in [5, 5.41) is 3.22. The van der Waals surface area contributed by atoms with Gasteiger partial charge in [0.15, 0.2) is 5.78 Å². The molecular formula is C15H23NO. The van der Waals surface area contributed by atoms with Crippen LogP contribution in [0.15, 0.2) is 18.2 Å². The molecule has 0 aliphatic carbocycles. The Bertz CT molecular complexity index is 407. The summed E-state index contributed by atoms with van der Waals surface area (Å²) in [6, 6.07) is 6.23. The Kier molecular flexibility index (Phi) is 4.47. The van der Waals surface area contributed by atoms with Crippen LogP contribution in [0.25, 0.3) is 0 Å². The molecule has 0 atom stereocenters. The number of Topliss-reactive ketones (excluding diaryl/α,β-unsaturated/α-hetero) is 1. The highest BCUT2D eigenvalue weighted by Gasteiger charge is 2.25. The van der Waals surface area contributed by atoms with Crippen LogP contribution < -0.4 is 5.32 Å². The molecule has 1 rings (SSSR count). The van der Waals surface area contributed by atoms with Gasteiger partial charge in [0, 0.05) is 6.42 Å². The molecule has 0 bridgehead atoms. The Labute approximate surface area is 104 Å². The predicted molar refractivity (Wildman–Crippen MR) is 72.4 cm³/mol. The normalized spacial score (nSPS) is 11.6. The van der Waals surface area contributed by atoms with Crippen LogP contribution in [-0.4, -0.2) is 17.9 Å². The van der Waals surface area contributed by atoms with Gasteiger partial charge in [0.2, 0.25) is 0 Å². The third-order valence-corrected chi connectivity index (χ3v) is 3.25. The van der Waals surface area contributed by atoms with Crippen LogP contribution in [0.1, 0.15) is 37.5 Å². The molecule has 0 aliphatic heterocycles.